The summed E-state index contributed by atoms with van der Waals surface area (Å²) >= 11 is 0. The van der Waals surface area contributed by atoms with Gasteiger partial charge in [-0.3, -0.25) is 9.69 Å². The second kappa shape index (κ2) is 8.64. The maximum Gasteiger partial charge on any atom is 0.317 e. The number of nitrogens with one attached hydrogen (secondary N) is 2. The molecule has 5 heteroatoms. The predicted octanol–water partition coefficient (Wildman–Crippen LogP) is -0.410. The van der Waals surface area contributed by atoms with Crippen molar-refractivity contribution in [3.63, 3.8) is 0 Å². The van der Waals surface area contributed by atoms with Crippen LogP contribution >= 0.6 is 0 Å². The van der Waals surface area contributed by atoms with Gasteiger partial charge in [-0.25, -0.2) is 0 Å². The van der Waals surface area contributed by atoms with E-state index in [1.165, 1.54) is 0 Å². The van der Waals surface area contributed by atoms with Crippen molar-refractivity contribution < 1.29 is 9.90 Å². The van der Waals surface area contributed by atoms with Crippen LogP contribution in [0.3, 0.4) is 0 Å². The minimum absolute atomic E-state index is 0.116. The van der Waals surface area contributed by atoms with Crippen LogP contribution in [0.1, 0.15) is 13.8 Å². The first-order chi connectivity index (χ1) is 7.07. The Morgan fingerprint density at radius 3 is 2.47 bits per heavy atom. The molecule has 3 N–H and O–H groups in total. The zero-order chi connectivity index (χ0) is 11.7. The summed E-state index contributed by atoms with van der Waals surface area (Å²) in [4.78, 5) is 12.5. The SMILES string of the molecule is CNCCNCCN(CC(=O)O)C(C)C. The van der Waals surface area contributed by atoms with E-state index in [0.717, 1.165) is 26.2 Å². The van der Waals surface area contributed by atoms with Gasteiger partial charge in [0, 0.05) is 32.2 Å². The average Bonchev–Trinajstić information content (AvgIpc) is 2.15. The third-order valence-electron chi connectivity index (χ3n) is 2.20. The first kappa shape index (κ1) is 14.3. The molecule has 0 saturated heterocycles. The molecule has 15 heavy (non-hydrogen) atoms. The summed E-state index contributed by atoms with van der Waals surface area (Å²) in [5.74, 6) is -0.765. The van der Waals surface area contributed by atoms with Crippen molar-refractivity contribution in [3.8, 4) is 0 Å². The lowest BCUT2D eigenvalue weighted by Gasteiger charge is -2.24. The van der Waals surface area contributed by atoms with E-state index < -0.39 is 5.97 Å². The van der Waals surface area contributed by atoms with Gasteiger partial charge in [-0.05, 0) is 20.9 Å². The summed E-state index contributed by atoms with van der Waals surface area (Å²) in [6.45, 7) is 7.58. The lowest BCUT2D eigenvalue weighted by atomic mass is 10.3. The minimum atomic E-state index is -0.765. The summed E-state index contributed by atoms with van der Waals surface area (Å²) in [7, 11) is 1.91. The number of carboxylic acid groups (broad SMARTS) is 1. The Labute approximate surface area is 91.8 Å². The molecule has 0 aliphatic carbocycles. The van der Waals surface area contributed by atoms with E-state index in [1.54, 1.807) is 0 Å². The lowest BCUT2D eigenvalue weighted by molar-refractivity contribution is -0.138. The fraction of sp³-hybridized carbons (Fsp3) is 0.900. The van der Waals surface area contributed by atoms with Crippen molar-refractivity contribution in [1.82, 2.24) is 15.5 Å². The molecule has 0 aromatic heterocycles. The Morgan fingerprint density at radius 1 is 1.33 bits per heavy atom. The fourth-order valence-electron chi connectivity index (χ4n) is 1.25. The van der Waals surface area contributed by atoms with Crippen molar-refractivity contribution in [1.29, 1.82) is 0 Å². The normalized spacial score (nSPS) is 11.3. The number of carboxylic acids is 1. The highest BCUT2D eigenvalue weighted by molar-refractivity contribution is 5.69. The largest absolute Gasteiger partial charge is 0.480 e. The number of hydrogen-bond acceptors (Lipinski definition) is 4. The molecule has 0 amide bonds. The molecule has 0 saturated carbocycles. The molecule has 0 atom stereocenters. The molecular weight excluding hydrogens is 194 g/mol. The second-order valence-corrected chi connectivity index (χ2v) is 3.81. The van der Waals surface area contributed by atoms with Gasteiger partial charge in [0.2, 0.25) is 0 Å². The van der Waals surface area contributed by atoms with Crippen LogP contribution in [-0.2, 0) is 4.79 Å². The Bertz CT molecular complexity index is 174. The lowest BCUT2D eigenvalue weighted by Crippen LogP contribution is -2.41. The summed E-state index contributed by atoms with van der Waals surface area (Å²) in [6.07, 6.45) is 0. The zero-order valence-corrected chi connectivity index (χ0v) is 9.92. The van der Waals surface area contributed by atoms with Gasteiger partial charge >= 0.3 is 5.97 Å². The molecule has 0 heterocycles. The van der Waals surface area contributed by atoms with Crippen LogP contribution in [0, 0.1) is 0 Å². The molecule has 0 aliphatic rings. The van der Waals surface area contributed by atoms with Crippen molar-refractivity contribution in [2.45, 2.75) is 19.9 Å². The van der Waals surface area contributed by atoms with Gasteiger partial charge in [0.25, 0.3) is 0 Å². The van der Waals surface area contributed by atoms with Crippen LogP contribution in [0.25, 0.3) is 0 Å². The van der Waals surface area contributed by atoms with Crippen molar-refractivity contribution in [2.75, 3.05) is 39.8 Å². The molecular formula is C10H23N3O2. The fourth-order valence-corrected chi connectivity index (χ4v) is 1.25. The van der Waals surface area contributed by atoms with Gasteiger partial charge in [-0.1, -0.05) is 0 Å². The van der Waals surface area contributed by atoms with Crippen LogP contribution in [0.15, 0.2) is 0 Å². The monoisotopic (exact) mass is 217 g/mol. The smallest absolute Gasteiger partial charge is 0.317 e. The quantitative estimate of drug-likeness (QED) is 0.458. The average molecular weight is 217 g/mol. The predicted molar refractivity (Wildman–Crippen MR) is 61.1 cm³/mol. The molecule has 0 bridgehead atoms. The third-order valence-corrected chi connectivity index (χ3v) is 2.20. The highest BCUT2D eigenvalue weighted by Gasteiger charge is 2.11. The Balaban J connectivity index is 3.62. The highest BCUT2D eigenvalue weighted by Crippen LogP contribution is 1.95. The molecule has 90 valence electrons. The van der Waals surface area contributed by atoms with Gasteiger partial charge in [-0.2, -0.15) is 0 Å². The van der Waals surface area contributed by atoms with E-state index in [1.807, 2.05) is 25.8 Å². The van der Waals surface area contributed by atoms with E-state index in [-0.39, 0.29) is 12.6 Å². The summed E-state index contributed by atoms with van der Waals surface area (Å²) in [6, 6.07) is 0.271. The van der Waals surface area contributed by atoms with Gasteiger partial charge in [0.1, 0.15) is 0 Å². The van der Waals surface area contributed by atoms with Crippen LogP contribution in [0.4, 0.5) is 0 Å². The first-order valence-electron chi connectivity index (χ1n) is 5.39. The van der Waals surface area contributed by atoms with Gasteiger partial charge < -0.3 is 15.7 Å². The van der Waals surface area contributed by atoms with E-state index in [2.05, 4.69) is 10.6 Å². The second-order valence-electron chi connectivity index (χ2n) is 3.81. The van der Waals surface area contributed by atoms with E-state index in [9.17, 15) is 4.79 Å². The Morgan fingerprint density at radius 2 is 2.00 bits per heavy atom. The van der Waals surface area contributed by atoms with Gasteiger partial charge in [0.15, 0.2) is 0 Å². The van der Waals surface area contributed by atoms with Crippen LogP contribution in [0.5, 0.6) is 0 Å². The van der Waals surface area contributed by atoms with Crippen LogP contribution in [0.2, 0.25) is 0 Å². The number of rotatable bonds is 9. The van der Waals surface area contributed by atoms with E-state index in [0.29, 0.717) is 0 Å². The molecule has 0 rings (SSSR count). The van der Waals surface area contributed by atoms with E-state index >= 15 is 0 Å². The summed E-state index contributed by atoms with van der Waals surface area (Å²) < 4.78 is 0. The Kier molecular flexibility index (Phi) is 8.27. The molecule has 0 fully saturated rings. The molecule has 0 radical (unpaired) electrons. The Hall–Kier alpha value is -0.650. The molecule has 0 unspecified atom stereocenters. The molecule has 0 aromatic carbocycles. The maximum absolute atomic E-state index is 10.6. The highest BCUT2D eigenvalue weighted by atomic mass is 16.4. The van der Waals surface area contributed by atoms with Crippen molar-refractivity contribution in [2.24, 2.45) is 0 Å². The first-order valence-corrected chi connectivity index (χ1v) is 5.39. The van der Waals surface area contributed by atoms with Gasteiger partial charge in [-0.15, -0.1) is 0 Å². The maximum atomic E-state index is 10.6. The van der Waals surface area contributed by atoms with Gasteiger partial charge in [0.05, 0.1) is 6.54 Å². The van der Waals surface area contributed by atoms with Crippen molar-refractivity contribution in [3.05, 3.63) is 0 Å². The van der Waals surface area contributed by atoms with Crippen LogP contribution < -0.4 is 10.6 Å². The number of hydrogen-bond donors (Lipinski definition) is 3. The molecule has 0 aliphatic heterocycles. The summed E-state index contributed by atoms with van der Waals surface area (Å²) in [5.41, 5.74) is 0. The molecule has 5 nitrogen and oxygen atoms in total. The van der Waals surface area contributed by atoms with E-state index in [4.69, 9.17) is 5.11 Å². The number of aliphatic carboxylic acids is 1. The number of carbonyl (C=O) groups is 1. The number of nitrogens with zero attached hydrogens (tertiary/aromatic N) is 1. The van der Waals surface area contributed by atoms with Crippen molar-refractivity contribution >= 4 is 5.97 Å². The zero-order valence-electron chi connectivity index (χ0n) is 9.92. The summed E-state index contributed by atoms with van der Waals surface area (Å²) in [5, 5.41) is 15.0. The molecule has 0 spiro atoms. The standard InChI is InChI=1S/C10H23N3O2/c1-9(2)13(8-10(14)15)7-6-12-5-4-11-3/h9,11-12H,4-8H2,1-3H3,(H,14,15). The third kappa shape index (κ3) is 8.35. The topological polar surface area (TPSA) is 64.6 Å². The number of likely N-dealkylation sites (N-methyl/N-ethyl adjacent to an activating group) is 1. The van der Waals surface area contributed by atoms with Crippen LogP contribution in [-0.4, -0.2) is 61.8 Å². The molecule has 0 aromatic rings. The minimum Gasteiger partial charge on any atom is -0.480 e.